The Labute approximate surface area is 109 Å². The van der Waals surface area contributed by atoms with Gasteiger partial charge in [-0.3, -0.25) is 0 Å². The number of aromatic nitrogens is 2. The highest BCUT2D eigenvalue weighted by molar-refractivity contribution is 5.89. The van der Waals surface area contributed by atoms with Crippen LogP contribution < -0.4 is 5.73 Å². The molecule has 0 amide bonds. The number of aromatic carboxylic acids is 1. The summed E-state index contributed by atoms with van der Waals surface area (Å²) in [5, 5.41) is 11.9. The Morgan fingerprint density at radius 3 is 2.45 bits per heavy atom. The minimum atomic E-state index is -4.92. The summed E-state index contributed by atoms with van der Waals surface area (Å²) in [4.78, 5) is 10.8. The molecule has 1 heterocycles. The molecule has 106 valence electrons. The Morgan fingerprint density at radius 1 is 1.35 bits per heavy atom. The number of carbonyl (C=O) groups is 1. The van der Waals surface area contributed by atoms with Crippen LogP contribution in [0.4, 0.5) is 23.2 Å². The number of carboxylic acid groups (broad SMARTS) is 1. The van der Waals surface area contributed by atoms with E-state index in [0.717, 1.165) is 18.2 Å². The van der Waals surface area contributed by atoms with E-state index in [-0.39, 0.29) is 11.4 Å². The van der Waals surface area contributed by atoms with Gasteiger partial charge in [-0.2, -0.15) is 18.3 Å². The lowest BCUT2D eigenvalue weighted by Gasteiger charge is -2.05. The second-order valence-electron chi connectivity index (χ2n) is 3.84. The fraction of sp³-hybridized carbons (Fsp3) is 0.0909. The molecule has 2 rings (SSSR count). The molecule has 9 heteroatoms. The van der Waals surface area contributed by atoms with Gasteiger partial charge >= 0.3 is 12.1 Å². The molecule has 0 aliphatic heterocycles. The van der Waals surface area contributed by atoms with Gasteiger partial charge in [-0.25, -0.2) is 13.9 Å². The van der Waals surface area contributed by atoms with E-state index >= 15 is 0 Å². The molecule has 0 unspecified atom stereocenters. The first-order valence-electron chi connectivity index (χ1n) is 5.15. The van der Waals surface area contributed by atoms with Crippen molar-refractivity contribution in [1.82, 2.24) is 9.78 Å². The number of alkyl halides is 3. The maximum atomic E-state index is 12.9. The third kappa shape index (κ3) is 2.42. The molecule has 20 heavy (non-hydrogen) atoms. The zero-order chi connectivity index (χ0) is 15.1. The van der Waals surface area contributed by atoms with Gasteiger partial charge in [0.1, 0.15) is 11.4 Å². The quantitative estimate of drug-likeness (QED) is 0.656. The average molecular weight is 289 g/mol. The molecule has 1 aromatic carbocycles. The summed E-state index contributed by atoms with van der Waals surface area (Å²) in [6.07, 6.45) is -4.25. The van der Waals surface area contributed by atoms with Crippen LogP contribution in [0.2, 0.25) is 0 Å². The predicted octanol–water partition coefficient (Wildman–Crippen LogP) is 2.31. The Hall–Kier alpha value is -2.58. The number of rotatable bonds is 2. The van der Waals surface area contributed by atoms with Gasteiger partial charge in [-0.05, 0) is 18.2 Å². The first kappa shape index (κ1) is 13.8. The molecule has 0 saturated carbocycles. The van der Waals surface area contributed by atoms with Gasteiger partial charge in [0.15, 0.2) is 5.69 Å². The van der Waals surface area contributed by atoms with Crippen LogP contribution in [0.5, 0.6) is 0 Å². The van der Waals surface area contributed by atoms with Crippen LogP contribution in [0.3, 0.4) is 0 Å². The van der Waals surface area contributed by atoms with Crippen molar-refractivity contribution < 1.29 is 27.5 Å². The van der Waals surface area contributed by atoms with Gasteiger partial charge in [0.05, 0.1) is 11.4 Å². The summed E-state index contributed by atoms with van der Waals surface area (Å²) >= 11 is 0. The summed E-state index contributed by atoms with van der Waals surface area (Å²) in [5.74, 6) is -2.45. The highest BCUT2D eigenvalue weighted by atomic mass is 19.4. The smallest absolute Gasteiger partial charge is 0.436 e. The zero-order valence-corrected chi connectivity index (χ0v) is 9.65. The van der Waals surface area contributed by atoms with Crippen molar-refractivity contribution in [1.29, 1.82) is 0 Å². The van der Waals surface area contributed by atoms with E-state index in [9.17, 15) is 22.4 Å². The van der Waals surface area contributed by atoms with E-state index in [4.69, 9.17) is 10.8 Å². The number of hydrogen-bond acceptors (Lipinski definition) is 3. The van der Waals surface area contributed by atoms with Gasteiger partial charge in [0.2, 0.25) is 0 Å². The third-order valence-electron chi connectivity index (χ3n) is 2.45. The van der Waals surface area contributed by atoms with Gasteiger partial charge in [0.25, 0.3) is 0 Å². The second kappa shape index (κ2) is 4.51. The lowest BCUT2D eigenvalue weighted by atomic mass is 10.2. The number of halogens is 4. The molecule has 0 saturated heterocycles. The fourth-order valence-corrected chi connectivity index (χ4v) is 1.60. The monoisotopic (exact) mass is 289 g/mol. The summed E-state index contributed by atoms with van der Waals surface area (Å²) in [6, 6.07) is 2.97. The number of nitrogens with zero attached hydrogens (tertiary/aromatic N) is 2. The number of benzene rings is 1. The van der Waals surface area contributed by atoms with Crippen molar-refractivity contribution in [2.75, 3.05) is 5.73 Å². The van der Waals surface area contributed by atoms with E-state index < -0.39 is 29.2 Å². The molecule has 2 aromatic rings. The summed E-state index contributed by atoms with van der Waals surface area (Å²) in [5.41, 5.74) is 2.69. The topological polar surface area (TPSA) is 81.1 Å². The Bertz CT molecular complexity index is 679. The number of anilines is 1. The Kier molecular flexibility index (Phi) is 3.12. The molecule has 0 spiro atoms. The van der Waals surface area contributed by atoms with Crippen LogP contribution in [-0.4, -0.2) is 20.9 Å². The van der Waals surface area contributed by atoms with Crippen LogP contribution in [0.1, 0.15) is 16.1 Å². The van der Waals surface area contributed by atoms with E-state index in [1.165, 1.54) is 0 Å². The van der Waals surface area contributed by atoms with E-state index in [1.807, 2.05) is 0 Å². The maximum Gasteiger partial charge on any atom is 0.436 e. The molecule has 0 aliphatic carbocycles. The van der Waals surface area contributed by atoms with Crippen molar-refractivity contribution in [2.24, 2.45) is 0 Å². The SMILES string of the molecule is Nc1cc(F)ccc1-n1cc(C(=O)O)c(C(F)(F)F)n1. The van der Waals surface area contributed by atoms with Gasteiger partial charge < -0.3 is 10.8 Å². The molecule has 0 aliphatic rings. The zero-order valence-electron chi connectivity index (χ0n) is 9.65. The third-order valence-corrected chi connectivity index (χ3v) is 2.45. The summed E-state index contributed by atoms with van der Waals surface area (Å²) < 4.78 is 51.6. The molecule has 0 radical (unpaired) electrons. The summed E-state index contributed by atoms with van der Waals surface area (Å²) in [7, 11) is 0. The minimum Gasteiger partial charge on any atom is -0.478 e. The van der Waals surface area contributed by atoms with Crippen LogP contribution in [0, 0.1) is 5.82 Å². The van der Waals surface area contributed by atoms with Crippen LogP contribution in [-0.2, 0) is 6.18 Å². The van der Waals surface area contributed by atoms with Gasteiger partial charge in [0, 0.05) is 6.20 Å². The maximum absolute atomic E-state index is 12.9. The van der Waals surface area contributed by atoms with E-state index in [0.29, 0.717) is 10.9 Å². The lowest BCUT2D eigenvalue weighted by Crippen LogP contribution is -2.12. The molecular formula is C11H7F4N3O2. The van der Waals surface area contributed by atoms with Crippen molar-refractivity contribution in [3.05, 3.63) is 41.5 Å². The van der Waals surface area contributed by atoms with Gasteiger partial charge in [-0.15, -0.1) is 0 Å². The first-order valence-corrected chi connectivity index (χ1v) is 5.15. The molecule has 0 bridgehead atoms. The van der Waals surface area contributed by atoms with Crippen molar-refractivity contribution in [2.45, 2.75) is 6.18 Å². The second-order valence-corrected chi connectivity index (χ2v) is 3.84. The molecule has 1 aromatic heterocycles. The van der Waals surface area contributed by atoms with Crippen molar-refractivity contribution >= 4 is 11.7 Å². The first-order chi connectivity index (χ1) is 9.20. The number of carboxylic acids is 1. The Morgan fingerprint density at radius 2 is 2.00 bits per heavy atom. The van der Waals surface area contributed by atoms with E-state index in [2.05, 4.69) is 5.10 Å². The minimum absolute atomic E-state index is 0.0515. The normalized spacial score (nSPS) is 11.6. The van der Waals surface area contributed by atoms with Crippen LogP contribution >= 0.6 is 0 Å². The number of hydrogen-bond donors (Lipinski definition) is 2. The van der Waals surface area contributed by atoms with Crippen molar-refractivity contribution in [3.8, 4) is 5.69 Å². The highest BCUT2D eigenvalue weighted by Crippen LogP contribution is 2.32. The largest absolute Gasteiger partial charge is 0.478 e. The average Bonchev–Trinajstić information content (AvgIpc) is 2.73. The fourth-order valence-electron chi connectivity index (χ4n) is 1.60. The molecular weight excluding hydrogens is 282 g/mol. The van der Waals surface area contributed by atoms with Crippen LogP contribution in [0.15, 0.2) is 24.4 Å². The van der Waals surface area contributed by atoms with E-state index in [1.54, 1.807) is 0 Å². The standard InChI is InChI=1S/C11H7F4N3O2/c12-5-1-2-8(7(16)3-5)18-4-6(10(19)20)9(17-18)11(13,14)15/h1-4H,16H2,(H,19,20). The number of nitrogens with two attached hydrogens (primary N) is 1. The molecule has 0 fully saturated rings. The van der Waals surface area contributed by atoms with Crippen LogP contribution in [0.25, 0.3) is 5.69 Å². The van der Waals surface area contributed by atoms with Crippen molar-refractivity contribution in [3.63, 3.8) is 0 Å². The van der Waals surface area contributed by atoms with Gasteiger partial charge in [-0.1, -0.05) is 0 Å². The highest BCUT2D eigenvalue weighted by Gasteiger charge is 2.39. The Balaban J connectivity index is 2.62. The summed E-state index contributed by atoms with van der Waals surface area (Å²) in [6.45, 7) is 0. The molecule has 3 N–H and O–H groups in total. The lowest BCUT2D eigenvalue weighted by molar-refractivity contribution is -0.141. The predicted molar refractivity (Wildman–Crippen MR) is 59.9 cm³/mol. The molecule has 5 nitrogen and oxygen atoms in total. The number of nitrogen functional groups attached to an aromatic ring is 1. The molecule has 0 atom stereocenters.